The minimum Gasteiger partial charge on any atom is -0.395 e. The Morgan fingerprint density at radius 2 is 2.38 bits per heavy atom. The molecule has 1 fully saturated rings. The van der Waals surface area contributed by atoms with Crippen molar-refractivity contribution in [3.05, 3.63) is 0 Å². The molecular formula is C9H18N2O2. The highest BCUT2D eigenvalue weighted by Gasteiger charge is 2.26. The van der Waals surface area contributed by atoms with Gasteiger partial charge in [-0.15, -0.1) is 0 Å². The lowest BCUT2D eigenvalue weighted by Crippen LogP contribution is -2.49. The summed E-state index contributed by atoms with van der Waals surface area (Å²) in [6.07, 6.45) is 1.53. The van der Waals surface area contributed by atoms with Crippen LogP contribution >= 0.6 is 0 Å². The normalized spacial score (nSPS) is 29.1. The average Bonchev–Trinajstić information content (AvgIpc) is 2.03. The molecule has 2 atom stereocenters. The summed E-state index contributed by atoms with van der Waals surface area (Å²) in [5.74, 6) is 0.119. The minimum atomic E-state index is 0.119. The summed E-state index contributed by atoms with van der Waals surface area (Å²) >= 11 is 0. The molecule has 1 aliphatic heterocycles. The Hall–Kier alpha value is -0.610. The van der Waals surface area contributed by atoms with Gasteiger partial charge >= 0.3 is 0 Å². The van der Waals surface area contributed by atoms with Crippen LogP contribution in [-0.2, 0) is 4.79 Å². The summed E-state index contributed by atoms with van der Waals surface area (Å²) < 4.78 is 0. The second kappa shape index (κ2) is 4.58. The van der Waals surface area contributed by atoms with Gasteiger partial charge in [0.2, 0.25) is 5.91 Å². The van der Waals surface area contributed by atoms with Gasteiger partial charge in [-0.05, 0) is 20.4 Å². The number of piperidine rings is 1. The average molecular weight is 186 g/mol. The largest absolute Gasteiger partial charge is 0.395 e. The molecular weight excluding hydrogens is 168 g/mol. The lowest BCUT2D eigenvalue weighted by Gasteiger charge is -2.33. The first-order chi connectivity index (χ1) is 6.13. The van der Waals surface area contributed by atoms with Crippen LogP contribution in [0.15, 0.2) is 0 Å². The van der Waals surface area contributed by atoms with Crippen molar-refractivity contribution in [2.24, 2.45) is 0 Å². The number of hydrogen-bond donors (Lipinski definition) is 2. The minimum absolute atomic E-state index is 0.119. The van der Waals surface area contributed by atoms with Crippen LogP contribution in [0.4, 0.5) is 0 Å². The van der Waals surface area contributed by atoms with Crippen LogP contribution in [0.25, 0.3) is 0 Å². The van der Waals surface area contributed by atoms with Crippen LogP contribution in [-0.4, -0.2) is 48.2 Å². The van der Waals surface area contributed by atoms with Crippen molar-refractivity contribution in [2.45, 2.75) is 31.8 Å². The molecule has 1 heterocycles. The fourth-order valence-corrected chi connectivity index (χ4v) is 1.77. The fraction of sp³-hybridized carbons (Fsp3) is 0.889. The SMILES string of the molecule is CC1CC(N(C)CCO)CC(=O)N1. The number of aliphatic hydroxyl groups is 1. The van der Waals surface area contributed by atoms with Crippen molar-refractivity contribution in [2.75, 3.05) is 20.2 Å². The van der Waals surface area contributed by atoms with E-state index in [4.69, 9.17) is 5.11 Å². The molecule has 1 amide bonds. The first kappa shape index (κ1) is 10.5. The third kappa shape index (κ3) is 2.97. The topological polar surface area (TPSA) is 52.6 Å². The van der Waals surface area contributed by atoms with Gasteiger partial charge in [-0.3, -0.25) is 4.79 Å². The zero-order valence-electron chi connectivity index (χ0n) is 8.29. The van der Waals surface area contributed by atoms with Gasteiger partial charge in [0.1, 0.15) is 0 Å². The monoisotopic (exact) mass is 186 g/mol. The lowest BCUT2D eigenvalue weighted by atomic mass is 9.99. The number of hydrogen-bond acceptors (Lipinski definition) is 3. The van der Waals surface area contributed by atoms with E-state index in [0.29, 0.717) is 13.0 Å². The van der Waals surface area contributed by atoms with Gasteiger partial charge in [0.15, 0.2) is 0 Å². The van der Waals surface area contributed by atoms with Crippen molar-refractivity contribution in [1.29, 1.82) is 0 Å². The molecule has 2 unspecified atom stereocenters. The van der Waals surface area contributed by atoms with E-state index in [-0.39, 0.29) is 24.6 Å². The van der Waals surface area contributed by atoms with Crippen LogP contribution in [0.1, 0.15) is 19.8 Å². The van der Waals surface area contributed by atoms with Crippen molar-refractivity contribution in [1.82, 2.24) is 10.2 Å². The maximum absolute atomic E-state index is 11.2. The maximum atomic E-state index is 11.2. The van der Waals surface area contributed by atoms with Crippen LogP contribution < -0.4 is 5.32 Å². The van der Waals surface area contributed by atoms with Gasteiger partial charge in [0, 0.05) is 25.0 Å². The van der Waals surface area contributed by atoms with Gasteiger partial charge in [0.05, 0.1) is 6.61 Å². The summed E-state index contributed by atoms with van der Waals surface area (Å²) in [4.78, 5) is 13.2. The van der Waals surface area contributed by atoms with E-state index in [1.165, 1.54) is 0 Å². The standard InChI is InChI=1S/C9H18N2O2/c1-7-5-8(6-9(13)10-7)11(2)3-4-12/h7-8,12H,3-6H2,1-2H3,(H,10,13). The van der Waals surface area contributed by atoms with E-state index in [0.717, 1.165) is 6.42 Å². The van der Waals surface area contributed by atoms with Gasteiger partial charge in [-0.25, -0.2) is 0 Å². The molecule has 0 aromatic rings. The van der Waals surface area contributed by atoms with Gasteiger partial charge in [-0.1, -0.05) is 0 Å². The Kier molecular flexibility index (Phi) is 3.69. The van der Waals surface area contributed by atoms with Gasteiger partial charge in [-0.2, -0.15) is 0 Å². The Labute approximate surface area is 78.9 Å². The highest BCUT2D eigenvalue weighted by molar-refractivity contribution is 5.77. The predicted octanol–water partition coefficient (Wildman–Crippen LogP) is -0.422. The molecule has 2 N–H and O–H groups in total. The molecule has 1 aliphatic rings. The number of amides is 1. The zero-order chi connectivity index (χ0) is 9.84. The number of nitrogens with zero attached hydrogens (tertiary/aromatic N) is 1. The third-order valence-corrected chi connectivity index (χ3v) is 2.53. The van der Waals surface area contributed by atoms with Crippen LogP contribution in [0.5, 0.6) is 0 Å². The van der Waals surface area contributed by atoms with Crippen molar-refractivity contribution in [3.63, 3.8) is 0 Å². The van der Waals surface area contributed by atoms with Crippen LogP contribution in [0.2, 0.25) is 0 Å². The first-order valence-electron chi connectivity index (χ1n) is 4.74. The molecule has 1 rings (SSSR count). The zero-order valence-corrected chi connectivity index (χ0v) is 8.29. The maximum Gasteiger partial charge on any atom is 0.221 e. The Balaban J connectivity index is 2.44. The van der Waals surface area contributed by atoms with Crippen molar-refractivity contribution >= 4 is 5.91 Å². The quantitative estimate of drug-likeness (QED) is 0.629. The molecule has 4 heteroatoms. The molecule has 0 aromatic heterocycles. The number of nitrogens with one attached hydrogen (secondary N) is 1. The number of carbonyl (C=O) groups excluding carboxylic acids is 1. The molecule has 13 heavy (non-hydrogen) atoms. The lowest BCUT2D eigenvalue weighted by molar-refractivity contribution is -0.125. The number of aliphatic hydroxyl groups excluding tert-OH is 1. The smallest absolute Gasteiger partial charge is 0.221 e. The van der Waals surface area contributed by atoms with Crippen molar-refractivity contribution in [3.8, 4) is 0 Å². The van der Waals surface area contributed by atoms with E-state index in [9.17, 15) is 4.79 Å². The summed E-state index contributed by atoms with van der Waals surface area (Å²) in [5, 5.41) is 11.6. The number of carbonyl (C=O) groups is 1. The molecule has 76 valence electrons. The van der Waals surface area contributed by atoms with Crippen LogP contribution in [0.3, 0.4) is 0 Å². The summed E-state index contributed by atoms with van der Waals surface area (Å²) in [6.45, 7) is 2.81. The highest BCUT2D eigenvalue weighted by Crippen LogP contribution is 2.14. The summed E-state index contributed by atoms with van der Waals surface area (Å²) in [6, 6.07) is 0.545. The highest BCUT2D eigenvalue weighted by atomic mass is 16.3. The molecule has 0 radical (unpaired) electrons. The van der Waals surface area contributed by atoms with E-state index in [1.807, 2.05) is 14.0 Å². The number of rotatable bonds is 3. The van der Waals surface area contributed by atoms with E-state index in [2.05, 4.69) is 10.2 Å². The first-order valence-corrected chi connectivity index (χ1v) is 4.74. The predicted molar refractivity (Wildman–Crippen MR) is 50.3 cm³/mol. The fourth-order valence-electron chi connectivity index (χ4n) is 1.77. The van der Waals surface area contributed by atoms with Crippen LogP contribution in [0, 0.1) is 0 Å². The van der Waals surface area contributed by atoms with E-state index < -0.39 is 0 Å². The Morgan fingerprint density at radius 1 is 1.69 bits per heavy atom. The second-order valence-electron chi connectivity index (χ2n) is 3.77. The molecule has 4 nitrogen and oxygen atoms in total. The molecule has 0 aliphatic carbocycles. The van der Waals surface area contributed by atoms with Crippen molar-refractivity contribution < 1.29 is 9.90 Å². The number of likely N-dealkylation sites (N-methyl/N-ethyl adjacent to an activating group) is 1. The van der Waals surface area contributed by atoms with E-state index in [1.54, 1.807) is 0 Å². The van der Waals surface area contributed by atoms with Gasteiger partial charge in [0.25, 0.3) is 0 Å². The Bertz CT molecular complexity index is 184. The summed E-state index contributed by atoms with van der Waals surface area (Å²) in [5.41, 5.74) is 0. The molecule has 0 saturated carbocycles. The van der Waals surface area contributed by atoms with E-state index >= 15 is 0 Å². The second-order valence-corrected chi connectivity index (χ2v) is 3.77. The molecule has 0 aromatic carbocycles. The molecule has 1 saturated heterocycles. The summed E-state index contributed by atoms with van der Waals surface area (Å²) in [7, 11) is 1.95. The van der Waals surface area contributed by atoms with Gasteiger partial charge < -0.3 is 15.3 Å². The molecule has 0 bridgehead atoms. The Morgan fingerprint density at radius 3 is 2.92 bits per heavy atom. The third-order valence-electron chi connectivity index (χ3n) is 2.53. The molecule has 0 spiro atoms.